The van der Waals surface area contributed by atoms with Gasteiger partial charge in [-0.15, -0.1) is 0 Å². The van der Waals surface area contributed by atoms with Gasteiger partial charge in [-0.05, 0) is 99.0 Å². The van der Waals surface area contributed by atoms with Gasteiger partial charge in [-0.25, -0.2) is 0 Å². The minimum atomic E-state index is -0.289. The molecule has 0 aromatic heterocycles. The third-order valence-corrected chi connectivity index (χ3v) is 10.3. The van der Waals surface area contributed by atoms with Gasteiger partial charge in [-0.3, -0.25) is 4.79 Å². The molecular weight excluding hydrogens is 402 g/mol. The van der Waals surface area contributed by atoms with Crippen LogP contribution in [-0.2, 0) is 4.79 Å². The molecule has 4 unspecified atom stereocenters. The number of nitrogens with zero attached hydrogens (tertiary/aromatic N) is 1. The number of likely N-dealkylation sites (tertiary alicyclic amines) is 1. The van der Waals surface area contributed by atoms with Crippen molar-refractivity contribution in [1.82, 2.24) is 4.90 Å². The monoisotopic (exact) mass is 439 g/mol. The summed E-state index contributed by atoms with van der Waals surface area (Å²) < 4.78 is 0. The second-order valence-electron chi connectivity index (χ2n) is 12.6. The van der Waals surface area contributed by atoms with E-state index in [4.69, 9.17) is 0 Å². The molecule has 0 radical (unpaired) electrons. The summed E-state index contributed by atoms with van der Waals surface area (Å²) >= 11 is 0. The minimum absolute atomic E-state index is 0.230. The standard InChI is InChI=1S/C31H37NO/c1-31(2)29(32(30(31)33)28-24-15-19-14-20(17-24)18-25(28)16-19)23-12-10-22(11-13-23)27-9-5-7-21-6-3-4-8-26(21)27/h3-6,8-13,19-21,24-29H,7,14-18H2,1-2H3. The number of fused-ring (bicyclic) bond motifs is 1. The average Bonchev–Trinajstić information content (AvgIpc) is 2.82. The Morgan fingerprint density at radius 3 is 2.15 bits per heavy atom. The predicted molar refractivity (Wildman–Crippen MR) is 132 cm³/mol. The van der Waals surface area contributed by atoms with Crippen LogP contribution >= 0.6 is 0 Å². The quantitative estimate of drug-likeness (QED) is 0.374. The molecule has 4 bridgehead atoms. The van der Waals surface area contributed by atoms with E-state index in [0.717, 1.165) is 30.1 Å². The third kappa shape index (κ3) is 2.95. The Balaban J connectivity index is 1.17. The highest BCUT2D eigenvalue weighted by Gasteiger charge is 2.61. The van der Waals surface area contributed by atoms with Crippen molar-refractivity contribution in [3.05, 3.63) is 71.8 Å². The Labute approximate surface area is 198 Å². The van der Waals surface area contributed by atoms with Crippen molar-refractivity contribution in [2.75, 3.05) is 0 Å². The Morgan fingerprint density at radius 2 is 1.45 bits per heavy atom. The molecule has 172 valence electrons. The normalized spacial score (nSPS) is 44.1. The van der Waals surface area contributed by atoms with Crippen molar-refractivity contribution < 1.29 is 4.79 Å². The first-order chi connectivity index (χ1) is 16.0. The van der Waals surface area contributed by atoms with Crippen LogP contribution in [0.25, 0.3) is 0 Å². The second kappa shape index (κ2) is 7.20. The lowest BCUT2D eigenvalue weighted by molar-refractivity contribution is -0.191. The number of rotatable bonds is 3. The second-order valence-corrected chi connectivity index (χ2v) is 12.6. The lowest BCUT2D eigenvalue weighted by atomic mass is 9.52. The van der Waals surface area contributed by atoms with Gasteiger partial charge in [0.15, 0.2) is 0 Å². The number of amides is 1. The van der Waals surface area contributed by atoms with E-state index in [0.29, 0.717) is 29.7 Å². The van der Waals surface area contributed by atoms with Gasteiger partial charge in [0, 0.05) is 12.0 Å². The van der Waals surface area contributed by atoms with Gasteiger partial charge in [0.2, 0.25) is 5.91 Å². The Bertz CT molecular complexity index is 1020. The van der Waals surface area contributed by atoms with Gasteiger partial charge in [-0.1, -0.05) is 60.7 Å². The fourth-order valence-electron chi connectivity index (χ4n) is 9.12. The third-order valence-electron chi connectivity index (χ3n) is 10.3. The molecule has 0 spiro atoms. The van der Waals surface area contributed by atoms with Crippen molar-refractivity contribution in [3.63, 3.8) is 0 Å². The summed E-state index contributed by atoms with van der Waals surface area (Å²) in [5, 5.41) is 0. The van der Waals surface area contributed by atoms with Crippen LogP contribution in [0.4, 0.5) is 0 Å². The first-order valence-corrected chi connectivity index (χ1v) is 13.4. The maximum Gasteiger partial charge on any atom is 0.231 e. The SMILES string of the molecule is CC1(C)C(=O)N(C2C3CC4CC(C3)CC2C4)C1c1ccc(C2C=CCC3C=CC=CC32)cc1. The number of carbonyl (C=O) groups excluding carboxylic acids is 1. The molecule has 1 aromatic rings. The summed E-state index contributed by atoms with van der Waals surface area (Å²) in [6.07, 6.45) is 22.1. The predicted octanol–water partition coefficient (Wildman–Crippen LogP) is 6.82. The Kier molecular flexibility index (Phi) is 4.43. The fraction of sp³-hybridized carbons (Fsp3) is 0.581. The maximum absolute atomic E-state index is 13.5. The molecule has 1 amide bonds. The van der Waals surface area contributed by atoms with Gasteiger partial charge in [-0.2, -0.15) is 0 Å². The minimum Gasteiger partial charge on any atom is -0.331 e. The molecule has 7 aliphatic rings. The van der Waals surface area contributed by atoms with Crippen LogP contribution in [0.1, 0.15) is 75.5 Å². The van der Waals surface area contributed by atoms with E-state index in [2.05, 4.69) is 79.5 Å². The van der Waals surface area contributed by atoms with Crippen molar-refractivity contribution in [1.29, 1.82) is 0 Å². The number of hydrogen-bond acceptors (Lipinski definition) is 1. The summed E-state index contributed by atoms with van der Waals surface area (Å²) in [6.45, 7) is 4.35. The Morgan fingerprint density at radius 1 is 0.818 bits per heavy atom. The van der Waals surface area contributed by atoms with Crippen molar-refractivity contribution in [2.24, 2.45) is 40.9 Å². The molecule has 1 heterocycles. The van der Waals surface area contributed by atoms with Gasteiger partial charge in [0.25, 0.3) is 0 Å². The highest BCUT2D eigenvalue weighted by atomic mass is 16.2. The zero-order valence-electron chi connectivity index (χ0n) is 20.1. The van der Waals surface area contributed by atoms with E-state index in [1.165, 1.54) is 43.2 Å². The van der Waals surface area contributed by atoms with E-state index in [1.807, 2.05) is 0 Å². The molecule has 4 saturated carbocycles. The zero-order valence-corrected chi connectivity index (χ0v) is 20.1. The van der Waals surface area contributed by atoms with Gasteiger partial charge in [0.05, 0.1) is 11.5 Å². The fourth-order valence-corrected chi connectivity index (χ4v) is 9.12. The smallest absolute Gasteiger partial charge is 0.231 e. The highest BCUT2D eigenvalue weighted by Crippen LogP contribution is 2.60. The summed E-state index contributed by atoms with van der Waals surface area (Å²) in [5.41, 5.74) is 2.46. The molecule has 6 aliphatic carbocycles. The molecule has 33 heavy (non-hydrogen) atoms. The van der Waals surface area contributed by atoms with E-state index in [1.54, 1.807) is 0 Å². The molecule has 1 aliphatic heterocycles. The molecule has 5 fully saturated rings. The molecule has 1 saturated heterocycles. The molecule has 0 N–H and O–H groups in total. The van der Waals surface area contributed by atoms with E-state index in [-0.39, 0.29) is 11.5 Å². The van der Waals surface area contributed by atoms with Crippen molar-refractivity contribution in [2.45, 2.75) is 70.4 Å². The summed E-state index contributed by atoms with van der Waals surface area (Å²) in [7, 11) is 0. The molecule has 1 aromatic carbocycles. The van der Waals surface area contributed by atoms with E-state index < -0.39 is 0 Å². The topological polar surface area (TPSA) is 20.3 Å². The van der Waals surface area contributed by atoms with E-state index >= 15 is 0 Å². The van der Waals surface area contributed by atoms with Gasteiger partial charge < -0.3 is 4.90 Å². The lowest BCUT2D eigenvalue weighted by Gasteiger charge is -2.64. The van der Waals surface area contributed by atoms with Crippen LogP contribution in [0.15, 0.2) is 60.7 Å². The number of carbonyl (C=O) groups is 1. The molecule has 2 heteroatoms. The largest absolute Gasteiger partial charge is 0.331 e. The van der Waals surface area contributed by atoms with Crippen LogP contribution in [0, 0.1) is 40.9 Å². The average molecular weight is 440 g/mol. The van der Waals surface area contributed by atoms with E-state index in [9.17, 15) is 4.79 Å². The lowest BCUT2D eigenvalue weighted by Crippen LogP contribution is -2.69. The van der Waals surface area contributed by atoms with Crippen LogP contribution in [0.2, 0.25) is 0 Å². The Hall–Kier alpha value is -2.09. The summed E-state index contributed by atoms with van der Waals surface area (Å²) in [5.74, 6) is 5.43. The van der Waals surface area contributed by atoms with Crippen molar-refractivity contribution >= 4 is 5.91 Å². The molecule has 2 nitrogen and oxygen atoms in total. The molecule has 4 atom stereocenters. The molecule has 8 rings (SSSR count). The first kappa shape index (κ1) is 20.3. The van der Waals surface area contributed by atoms with Crippen LogP contribution < -0.4 is 0 Å². The van der Waals surface area contributed by atoms with Crippen LogP contribution in [0.5, 0.6) is 0 Å². The first-order valence-electron chi connectivity index (χ1n) is 13.4. The van der Waals surface area contributed by atoms with Crippen LogP contribution in [-0.4, -0.2) is 16.8 Å². The highest BCUT2D eigenvalue weighted by molar-refractivity contribution is 5.90. The van der Waals surface area contributed by atoms with Crippen molar-refractivity contribution in [3.8, 4) is 0 Å². The van der Waals surface area contributed by atoms with Gasteiger partial charge >= 0.3 is 0 Å². The number of β-lactam (4-membered cyclic amide) rings is 1. The summed E-state index contributed by atoms with van der Waals surface area (Å²) in [4.78, 5) is 15.8. The number of allylic oxidation sites excluding steroid dienone is 6. The summed E-state index contributed by atoms with van der Waals surface area (Å²) in [6, 6.07) is 10.1. The number of hydrogen-bond donors (Lipinski definition) is 0. The van der Waals surface area contributed by atoms with Gasteiger partial charge in [0.1, 0.15) is 0 Å². The van der Waals surface area contributed by atoms with Crippen LogP contribution in [0.3, 0.4) is 0 Å². The zero-order chi connectivity index (χ0) is 22.3. The molecular formula is C31H37NO. The number of benzene rings is 1. The maximum atomic E-state index is 13.5.